The zero-order valence-corrected chi connectivity index (χ0v) is 26.2. The first-order valence-electron chi connectivity index (χ1n) is 16.3. The Bertz CT molecular complexity index is 1600. The molecule has 2 aliphatic heterocycles. The average molecular weight is 595 g/mol. The van der Waals surface area contributed by atoms with Crippen molar-refractivity contribution in [2.24, 2.45) is 11.8 Å². The van der Waals surface area contributed by atoms with Crippen molar-refractivity contribution in [1.82, 2.24) is 19.8 Å². The Morgan fingerprint density at radius 1 is 0.659 bits per heavy atom. The van der Waals surface area contributed by atoms with E-state index in [0.29, 0.717) is 46.9 Å². The molecule has 2 aromatic carbocycles. The molecular formula is C36H42N4O4. The van der Waals surface area contributed by atoms with Gasteiger partial charge in [-0.25, -0.2) is 0 Å². The Labute approximate surface area is 259 Å². The number of ether oxygens (including phenoxy) is 2. The molecule has 4 unspecified atom stereocenters. The zero-order chi connectivity index (χ0) is 30.1. The summed E-state index contributed by atoms with van der Waals surface area (Å²) in [6.07, 6.45) is 7.22. The monoisotopic (exact) mass is 594 g/mol. The topological polar surface area (TPSA) is 91.2 Å². The van der Waals surface area contributed by atoms with Crippen LogP contribution in [0.3, 0.4) is 0 Å². The molecule has 2 fully saturated rings. The second kappa shape index (κ2) is 9.10. The number of likely N-dealkylation sites (tertiary alicyclic amines) is 2. The van der Waals surface area contributed by atoms with E-state index in [9.17, 15) is 10.2 Å². The molecule has 0 spiro atoms. The number of hydrogen-bond donors (Lipinski definition) is 2. The third-order valence-electron chi connectivity index (χ3n) is 13.0. The molecule has 2 saturated heterocycles. The number of aromatic hydroxyl groups is 2. The van der Waals surface area contributed by atoms with E-state index < -0.39 is 0 Å². The Balaban J connectivity index is 1.18. The maximum atomic E-state index is 11.6. The van der Waals surface area contributed by atoms with E-state index in [1.54, 1.807) is 14.2 Å². The van der Waals surface area contributed by atoms with Crippen LogP contribution in [0.4, 0.5) is 0 Å². The van der Waals surface area contributed by atoms with Gasteiger partial charge in [-0.1, -0.05) is 12.1 Å². The first-order valence-corrected chi connectivity index (χ1v) is 16.3. The van der Waals surface area contributed by atoms with E-state index in [1.165, 1.54) is 11.1 Å². The van der Waals surface area contributed by atoms with Gasteiger partial charge in [0, 0.05) is 46.9 Å². The van der Waals surface area contributed by atoms with E-state index in [4.69, 9.17) is 19.4 Å². The van der Waals surface area contributed by atoms with Gasteiger partial charge in [0.05, 0.1) is 37.0 Å². The van der Waals surface area contributed by atoms with Crippen molar-refractivity contribution >= 4 is 0 Å². The number of methoxy groups -OCH3 is 2. The van der Waals surface area contributed by atoms with Crippen molar-refractivity contribution in [3.63, 3.8) is 0 Å². The van der Waals surface area contributed by atoms with Crippen LogP contribution < -0.4 is 9.47 Å². The number of phenolic OH excluding ortho intramolecular Hbond substituents is 2. The van der Waals surface area contributed by atoms with Crippen molar-refractivity contribution in [2.45, 2.75) is 74.3 Å². The van der Waals surface area contributed by atoms with Crippen LogP contribution in [0.5, 0.6) is 23.0 Å². The lowest BCUT2D eigenvalue weighted by atomic mass is 9.51. The van der Waals surface area contributed by atoms with E-state index in [1.807, 2.05) is 12.1 Å². The summed E-state index contributed by atoms with van der Waals surface area (Å²) < 4.78 is 11.2. The van der Waals surface area contributed by atoms with Gasteiger partial charge in [-0.05, 0) is 101 Å². The van der Waals surface area contributed by atoms with Gasteiger partial charge in [-0.2, -0.15) is 0 Å². The van der Waals surface area contributed by atoms with Crippen LogP contribution in [0.1, 0.15) is 57.9 Å². The van der Waals surface area contributed by atoms with Crippen LogP contribution >= 0.6 is 0 Å². The third-order valence-corrected chi connectivity index (χ3v) is 13.0. The number of piperidine rings is 2. The lowest BCUT2D eigenvalue weighted by Gasteiger charge is -2.59. The lowest BCUT2D eigenvalue weighted by Crippen LogP contribution is -2.62. The van der Waals surface area contributed by atoms with Crippen LogP contribution in [0, 0.1) is 11.8 Å². The maximum Gasteiger partial charge on any atom is 0.161 e. The molecule has 0 saturated carbocycles. The summed E-state index contributed by atoms with van der Waals surface area (Å²) in [6, 6.07) is 9.00. The first-order chi connectivity index (χ1) is 21.3. The minimum Gasteiger partial charge on any atom is -0.504 e. The number of phenols is 2. The average Bonchev–Trinajstić information content (AvgIpc) is 3.01. The predicted molar refractivity (Wildman–Crippen MR) is 166 cm³/mol. The molecule has 44 heavy (non-hydrogen) atoms. The van der Waals surface area contributed by atoms with Crippen molar-refractivity contribution in [3.8, 4) is 23.0 Å². The quantitative estimate of drug-likeness (QED) is 0.464. The normalized spacial score (nSPS) is 33.2. The number of hydrogen-bond acceptors (Lipinski definition) is 8. The molecule has 4 bridgehead atoms. The molecule has 230 valence electrons. The van der Waals surface area contributed by atoms with Gasteiger partial charge >= 0.3 is 0 Å². The molecule has 1 aromatic heterocycles. The van der Waals surface area contributed by atoms with E-state index in [2.05, 4.69) is 36.0 Å². The number of benzene rings is 2. The minimum atomic E-state index is -0.169. The van der Waals surface area contributed by atoms with Gasteiger partial charge in [0.25, 0.3) is 0 Å². The summed E-state index contributed by atoms with van der Waals surface area (Å²) in [5.41, 5.74) is 8.87. The summed E-state index contributed by atoms with van der Waals surface area (Å²) in [6.45, 7) is 2.02. The Morgan fingerprint density at radius 3 is 1.50 bits per heavy atom. The smallest absolute Gasteiger partial charge is 0.161 e. The van der Waals surface area contributed by atoms with Gasteiger partial charge in [0.15, 0.2) is 23.0 Å². The Morgan fingerprint density at radius 2 is 1.09 bits per heavy atom. The molecule has 8 heteroatoms. The van der Waals surface area contributed by atoms with Gasteiger partial charge < -0.3 is 29.5 Å². The minimum absolute atomic E-state index is 0.169. The van der Waals surface area contributed by atoms with E-state index >= 15 is 0 Å². The molecule has 2 N–H and O–H groups in total. The van der Waals surface area contributed by atoms with Gasteiger partial charge in [0.2, 0.25) is 0 Å². The second-order valence-corrected chi connectivity index (χ2v) is 14.6. The highest BCUT2D eigenvalue weighted by atomic mass is 16.5. The van der Waals surface area contributed by atoms with Crippen LogP contribution in [-0.4, -0.2) is 83.5 Å². The van der Waals surface area contributed by atoms with Gasteiger partial charge in [-0.15, -0.1) is 0 Å². The number of nitrogens with zero attached hydrogens (tertiary/aromatic N) is 4. The molecule has 4 aliphatic carbocycles. The highest BCUT2D eigenvalue weighted by Crippen LogP contribution is 2.60. The van der Waals surface area contributed by atoms with Crippen molar-refractivity contribution < 1.29 is 19.7 Å². The summed E-state index contributed by atoms with van der Waals surface area (Å²) in [7, 11) is 7.80. The summed E-state index contributed by atoms with van der Waals surface area (Å²) in [5, 5.41) is 23.1. The number of rotatable bonds is 2. The molecule has 3 heterocycles. The highest BCUT2D eigenvalue weighted by Gasteiger charge is 2.59. The van der Waals surface area contributed by atoms with Crippen LogP contribution in [0.25, 0.3) is 0 Å². The zero-order valence-electron chi connectivity index (χ0n) is 26.2. The van der Waals surface area contributed by atoms with Crippen molar-refractivity contribution in [2.75, 3.05) is 41.4 Å². The van der Waals surface area contributed by atoms with E-state index in [0.717, 1.165) is 98.4 Å². The van der Waals surface area contributed by atoms with Crippen LogP contribution in [0.15, 0.2) is 24.3 Å². The molecule has 8 nitrogen and oxygen atoms in total. The fourth-order valence-corrected chi connectivity index (χ4v) is 11.0. The second-order valence-electron chi connectivity index (χ2n) is 14.6. The van der Waals surface area contributed by atoms with E-state index in [-0.39, 0.29) is 10.8 Å². The van der Waals surface area contributed by atoms with Crippen LogP contribution in [-0.2, 0) is 49.4 Å². The molecule has 6 aliphatic rings. The maximum absolute atomic E-state index is 11.6. The molecule has 6 atom stereocenters. The largest absolute Gasteiger partial charge is 0.504 e. The fraction of sp³-hybridized carbons (Fsp3) is 0.556. The first kappa shape index (κ1) is 27.0. The van der Waals surface area contributed by atoms with Crippen molar-refractivity contribution in [1.29, 1.82) is 0 Å². The van der Waals surface area contributed by atoms with Crippen molar-refractivity contribution in [3.05, 3.63) is 69.3 Å². The Kier molecular flexibility index (Phi) is 5.58. The van der Waals surface area contributed by atoms with Gasteiger partial charge in [0.1, 0.15) is 0 Å². The molecule has 9 rings (SSSR count). The van der Waals surface area contributed by atoms with Crippen LogP contribution in [0.2, 0.25) is 0 Å². The summed E-state index contributed by atoms with van der Waals surface area (Å²) in [5.74, 6) is 2.49. The standard InChI is InChI=1S/C36H42N4O4/c1-39-11-9-35-17-25-23(15-21(35)27(39)13-19-5-7-29(43-3)33(41)31(19)35)37-26-18-36-10-12-40(2)28(22(36)16-24(26)38-25)14-20-6-8-30(44-4)34(42)32(20)36/h5-8,21-22,27-28,41-42H,9-18H2,1-4H3/t21?,22?,27?,28?,35-,36+. The lowest BCUT2D eigenvalue weighted by molar-refractivity contribution is 0.0166. The number of likely N-dealkylation sites (N-methyl/N-ethyl adjacent to an activating group) is 2. The molecule has 3 aromatic rings. The van der Waals surface area contributed by atoms with Gasteiger partial charge in [-0.3, -0.25) is 9.97 Å². The summed E-state index contributed by atoms with van der Waals surface area (Å²) >= 11 is 0. The fourth-order valence-electron chi connectivity index (χ4n) is 11.0. The molecule has 0 radical (unpaired) electrons. The highest BCUT2D eigenvalue weighted by molar-refractivity contribution is 5.59. The molecular weight excluding hydrogens is 552 g/mol. The number of aromatic nitrogens is 2. The molecule has 0 amide bonds. The third kappa shape index (κ3) is 3.31. The predicted octanol–water partition coefficient (Wildman–Crippen LogP) is 3.73. The number of fused-ring (bicyclic) bond motifs is 4. The summed E-state index contributed by atoms with van der Waals surface area (Å²) in [4.78, 5) is 16.1. The SMILES string of the molecule is COc1ccc2c(c1O)[C@@]13CCN(C)C(C2)C1Cc1nc2c(nc1C3)CC1C3Cc4ccc(OC)c(O)c4[C@@]1(CCN3C)C2. The Hall–Kier alpha value is -3.36.